The minimum absolute atomic E-state index is 0.0554. The smallest absolute Gasteiger partial charge is 0.270 e. The van der Waals surface area contributed by atoms with Crippen molar-refractivity contribution in [2.75, 3.05) is 50.1 Å². The molecule has 0 spiro atoms. The molecule has 0 bridgehead atoms. The summed E-state index contributed by atoms with van der Waals surface area (Å²) in [5.74, 6) is -0.524. The Morgan fingerprint density at radius 2 is 1.87 bits per heavy atom. The van der Waals surface area contributed by atoms with Crippen LogP contribution in [0.5, 0.6) is 0 Å². The van der Waals surface area contributed by atoms with Crippen molar-refractivity contribution in [3.05, 3.63) is 59.2 Å². The van der Waals surface area contributed by atoms with Crippen molar-refractivity contribution in [2.24, 2.45) is 0 Å². The number of aromatic amines is 1. The van der Waals surface area contributed by atoms with Crippen LogP contribution in [0.2, 0.25) is 5.02 Å². The van der Waals surface area contributed by atoms with Crippen LogP contribution in [0.4, 0.5) is 11.4 Å². The van der Waals surface area contributed by atoms with E-state index in [4.69, 9.17) is 16.3 Å². The molecule has 156 valence electrons. The number of fused-ring (bicyclic) bond motifs is 1. The lowest BCUT2D eigenvalue weighted by Gasteiger charge is -2.28. The van der Waals surface area contributed by atoms with Crippen LogP contribution in [0.3, 0.4) is 0 Å². The van der Waals surface area contributed by atoms with E-state index in [1.54, 1.807) is 25.2 Å². The molecule has 7 nitrogen and oxygen atoms in total. The standard InChI is InChI=1S/C22H23ClN4O3/c1-26(22(29)20-12-15-2-3-16(23)13-19(15)25-20)14-21(28)24-17-4-6-18(7-5-17)27-8-10-30-11-9-27/h2-7,12-13,25H,8-11,14H2,1H3,(H,24,28). The number of aromatic nitrogens is 1. The Labute approximate surface area is 179 Å². The van der Waals surface area contributed by atoms with Gasteiger partial charge in [-0.1, -0.05) is 17.7 Å². The Morgan fingerprint density at radius 3 is 2.60 bits per heavy atom. The molecule has 2 heterocycles. The van der Waals surface area contributed by atoms with Gasteiger partial charge < -0.3 is 24.8 Å². The second-order valence-corrected chi connectivity index (χ2v) is 7.71. The molecule has 30 heavy (non-hydrogen) atoms. The monoisotopic (exact) mass is 426 g/mol. The summed E-state index contributed by atoms with van der Waals surface area (Å²) in [4.78, 5) is 31.8. The number of morpholine rings is 1. The van der Waals surface area contributed by atoms with Crippen LogP contribution >= 0.6 is 11.6 Å². The number of benzene rings is 2. The Kier molecular flexibility index (Phi) is 5.92. The molecule has 1 saturated heterocycles. The maximum atomic E-state index is 12.7. The van der Waals surface area contributed by atoms with E-state index in [1.807, 2.05) is 30.3 Å². The Balaban J connectivity index is 1.35. The average Bonchev–Trinajstić information content (AvgIpc) is 3.17. The van der Waals surface area contributed by atoms with Crippen molar-refractivity contribution in [1.82, 2.24) is 9.88 Å². The summed E-state index contributed by atoms with van der Waals surface area (Å²) in [5, 5.41) is 4.32. The molecular weight excluding hydrogens is 404 g/mol. The molecule has 1 aromatic heterocycles. The van der Waals surface area contributed by atoms with Crippen LogP contribution in [0.1, 0.15) is 10.5 Å². The van der Waals surface area contributed by atoms with Crippen molar-refractivity contribution < 1.29 is 14.3 Å². The van der Waals surface area contributed by atoms with Gasteiger partial charge in [0.05, 0.1) is 19.8 Å². The van der Waals surface area contributed by atoms with Crippen LogP contribution in [0.15, 0.2) is 48.5 Å². The highest BCUT2D eigenvalue weighted by Gasteiger charge is 2.17. The Bertz CT molecular complexity index is 1060. The fraction of sp³-hybridized carbons (Fsp3) is 0.273. The number of hydrogen-bond acceptors (Lipinski definition) is 4. The zero-order valence-electron chi connectivity index (χ0n) is 16.7. The highest BCUT2D eigenvalue weighted by molar-refractivity contribution is 6.31. The molecule has 0 aliphatic carbocycles. The third-order valence-corrected chi connectivity index (χ3v) is 5.30. The first-order valence-corrected chi connectivity index (χ1v) is 10.1. The van der Waals surface area contributed by atoms with E-state index in [9.17, 15) is 9.59 Å². The molecule has 0 unspecified atom stereocenters. The fourth-order valence-electron chi connectivity index (χ4n) is 3.48. The fourth-order valence-corrected chi connectivity index (χ4v) is 3.66. The van der Waals surface area contributed by atoms with Crippen molar-refractivity contribution in [2.45, 2.75) is 0 Å². The van der Waals surface area contributed by atoms with E-state index >= 15 is 0 Å². The molecule has 1 fully saturated rings. The van der Waals surface area contributed by atoms with Crippen molar-refractivity contribution in [1.29, 1.82) is 0 Å². The number of anilines is 2. The van der Waals surface area contributed by atoms with Crippen LogP contribution in [-0.2, 0) is 9.53 Å². The zero-order chi connectivity index (χ0) is 21.1. The van der Waals surface area contributed by atoms with E-state index in [0.29, 0.717) is 16.4 Å². The van der Waals surface area contributed by atoms with Gasteiger partial charge in [0.15, 0.2) is 0 Å². The average molecular weight is 427 g/mol. The van der Waals surface area contributed by atoms with E-state index in [2.05, 4.69) is 15.2 Å². The lowest BCUT2D eigenvalue weighted by atomic mass is 10.2. The van der Waals surface area contributed by atoms with Gasteiger partial charge in [0.2, 0.25) is 5.91 Å². The van der Waals surface area contributed by atoms with Gasteiger partial charge in [0, 0.05) is 47.4 Å². The quantitative estimate of drug-likeness (QED) is 0.655. The number of halogens is 1. The van der Waals surface area contributed by atoms with E-state index in [-0.39, 0.29) is 18.4 Å². The summed E-state index contributed by atoms with van der Waals surface area (Å²) in [6.07, 6.45) is 0. The number of nitrogens with zero attached hydrogens (tertiary/aromatic N) is 2. The summed E-state index contributed by atoms with van der Waals surface area (Å²) in [6, 6.07) is 14.8. The molecular formula is C22H23ClN4O3. The number of carbonyl (C=O) groups is 2. The van der Waals surface area contributed by atoms with Crippen LogP contribution in [0, 0.1) is 0 Å². The molecule has 2 N–H and O–H groups in total. The second-order valence-electron chi connectivity index (χ2n) is 7.27. The predicted octanol–water partition coefficient (Wildman–Crippen LogP) is 3.37. The Hall–Kier alpha value is -3.03. The normalized spacial score (nSPS) is 14.0. The van der Waals surface area contributed by atoms with Crippen molar-refractivity contribution in [3.8, 4) is 0 Å². The van der Waals surface area contributed by atoms with Gasteiger partial charge in [-0.25, -0.2) is 0 Å². The van der Waals surface area contributed by atoms with Crippen molar-refractivity contribution >= 4 is 45.7 Å². The minimum Gasteiger partial charge on any atom is -0.378 e. The first-order valence-electron chi connectivity index (χ1n) is 9.76. The highest BCUT2D eigenvalue weighted by Crippen LogP contribution is 2.21. The minimum atomic E-state index is -0.264. The van der Waals surface area contributed by atoms with Crippen LogP contribution < -0.4 is 10.2 Å². The van der Waals surface area contributed by atoms with E-state index < -0.39 is 0 Å². The van der Waals surface area contributed by atoms with E-state index in [0.717, 1.165) is 42.9 Å². The topological polar surface area (TPSA) is 77.7 Å². The molecule has 0 saturated carbocycles. The number of nitrogens with one attached hydrogen (secondary N) is 2. The lowest BCUT2D eigenvalue weighted by molar-refractivity contribution is -0.116. The highest BCUT2D eigenvalue weighted by atomic mass is 35.5. The van der Waals surface area contributed by atoms with E-state index in [1.165, 1.54) is 4.90 Å². The summed E-state index contributed by atoms with van der Waals surface area (Å²) in [6.45, 7) is 3.11. The summed E-state index contributed by atoms with van der Waals surface area (Å²) < 4.78 is 5.37. The van der Waals surface area contributed by atoms with Crippen LogP contribution in [-0.4, -0.2) is 61.6 Å². The first-order chi connectivity index (χ1) is 14.5. The second kappa shape index (κ2) is 8.77. The van der Waals surface area contributed by atoms with Gasteiger partial charge >= 0.3 is 0 Å². The molecule has 8 heteroatoms. The van der Waals surface area contributed by atoms with Crippen molar-refractivity contribution in [3.63, 3.8) is 0 Å². The molecule has 1 aliphatic rings. The predicted molar refractivity (Wildman–Crippen MR) is 118 cm³/mol. The first kappa shape index (κ1) is 20.3. The number of likely N-dealkylation sites (N-methyl/N-ethyl adjacent to an activating group) is 1. The number of hydrogen-bond donors (Lipinski definition) is 2. The number of ether oxygens (including phenoxy) is 1. The van der Waals surface area contributed by atoms with Gasteiger partial charge in [-0.05, 0) is 42.5 Å². The third-order valence-electron chi connectivity index (χ3n) is 5.07. The molecule has 4 rings (SSSR count). The Morgan fingerprint density at radius 1 is 1.13 bits per heavy atom. The largest absolute Gasteiger partial charge is 0.378 e. The molecule has 1 aliphatic heterocycles. The van der Waals surface area contributed by atoms with Gasteiger partial charge in [-0.2, -0.15) is 0 Å². The number of amides is 2. The molecule has 0 atom stereocenters. The maximum Gasteiger partial charge on any atom is 0.270 e. The molecule has 2 amide bonds. The van der Waals surface area contributed by atoms with Gasteiger partial charge in [0.1, 0.15) is 5.69 Å². The number of carbonyl (C=O) groups excluding carboxylic acids is 2. The summed E-state index contributed by atoms with van der Waals surface area (Å²) in [5.41, 5.74) is 2.99. The molecule has 3 aromatic rings. The summed E-state index contributed by atoms with van der Waals surface area (Å²) >= 11 is 5.99. The zero-order valence-corrected chi connectivity index (χ0v) is 17.4. The SMILES string of the molecule is CN(CC(=O)Nc1ccc(N2CCOCC2)cc1)C(=O)c1cc2ccc(Cl)cc2[nH]1. The summed E-state index contributed by atoms with van der Waals surface area (Å²) in [7, 11) is 1.60. The van der Waals surface area contributed by atoms with Gasteiger partial charge in [0.25, 0.3) is 5.91 Å². The third kappa shape index (κ3) is 4.58. The maximum absolute atomic E-state index is 12.7. The van der Waals surface area contributed by atoms with Gasteiger partial charge in [-0.3, -0.25) is 9.59 Å². The van der Waals surface area contributed by atoms with Crippen LogP contribution in [0.25, 0.3) is 10.9 Å². The number of H-pyrrole nitrogens is 1. The molecule has 0 radical (unpaired) electrons. The lowest BCUT2D eigenvalue weighted by Crippen LogP contribution is -2.36. The molecule has 2 aromatic carbocycles. The number of rotatable bonds is 5. The van der Waals surface area contributed by atoms with Gasteiger partial charge in [-0.15, -0.1) is 0 Å².